The Hall–Kier alpha value is -0.730. The van der Waals surface area contributed by atoms with Gasteiger partial charge in [0.25, 0.3) is 0 Å². The number of rotatable bonds is 4. The van der Waals surface area contributed by atoms with E-state index in [1.54, 1.807) is 4.90 Å². The molecule has 94 valence electrons. The number of amides is 1. The van der Waals surface area contributed by atoms with Gasteiger partial charge in [0.05, 0.1) is 6.61 Å². The molecule has 1 rings (SSSR count). The van der Waals surface area contributed by atoms with Gasteiger partial charge in [0, 0.05) is 13.1 Å². The Morgan fingerprint density at radius 3 is 2.50 bits per heavy atom. The lowest BCUT2D eigenvalue weighted by Crippen LogP contribution is -2.39. The molecule has 0 radical (unpaired) electrons. The Bertz CT molecular complexity index is 210. The highest BCUT2D eigenvalue weighted by Gasteiger charge is 2.25. The van der Waals surface area contributed by atoms with Crippen molar-refractivity contribution in [1.82, 2.24) is 4.90 Å². The number of ether oxygens (including phenoxy) is 1. The number of unbranched alkanes of at least 4 members (excludes halogenated alkanes) is 1. The fourth-order valence-electron chi connectivity index (χ4n) is 2.18. The normalized spacial score (nSPS) is 25.2. The van der Waals surface area contributed by atoms with Crippen LogP contribution in [-0.2, 0) is 4.74 Å². The molecule has 1 aliphatic carbocycles. The van der Waals surface area contributed by atoms with Crippen molar-refractivity contribution in [2.45, 2.75) is 58.4 Å². The second-order valence-corrected chi connectivity index (χ2v) is 4.99. The van der Waals surface area contributed by atoms with Crippen LogP contribution >= 0.6 is 0 Å². The third-order valence-electron chi connectivity index (χ3n) is 3.54. The zero-order valence-electron chi connectivity index (χ0n) is 10.9. The Balaban J connectivity index is 2.27. The first kappa shape index (κ1) is 13.3. The van der Waals surface area contributed by atoms with Gasteiger partial charge >= 0.3 is 6.09 Å². The maximum absolute atomic E-state index is 11.7. The van der Waals surface area contributed by atoms with E-state index in [0.717, 1.165) is 31.6 Å². The molecule has 0 spiro atoms. The van der Waals surface area contributed by atoms with E-state index < -0.39 is 0 Å². The summed E-state index contributed by atoms with van der Waals surface area (Å²) < 4.78 is 5.21. The molecule has 1 fully saturated rings. The summed E-state index contributed by atoms with van der Waals surface area (Å²) in [6.07, 6.45) is 6.60. The van der Waals surface area contributed by atoms with Crippen LogP contribution in [0.15, 0.2) is 0 Å². The molecule has 0 atom stereocenters. The van der Waals surface area contributed by atoms with Gasteiger partial charge in [-0.3, -0.25) is 0 Å². The van der Waals surface area contributed by atoms with Crippen molar-refractivity contribution in [2.24, 2.45) is 5.92 Å². The van der Waals surface area contributed by atoms with E-state index in [1.165, 1.54) is 12.8 Å². The number of hydrogen-bond donors (Lipinski definition) is 0. The Labute approximate surface area is 99.1 Å². The van der Waals surface area contributed by atoms with Gasteiger partial charge in [0.15, 0.2) is 0 Å². The lowest BCUT2D eigenvalue weighted by molar-refractivity contribution is 0.0843. The average Bonchev–Trinajstić information content (AvgIpc) is 2.29. The van der Waals surface area contributed by atoms with Gasteiger partial charge in [-0.15, -0.1) is 0 Å². The molecule has 0 saturated heterocycles. The molecule has 0 aromatic heterocycles. The van der Waals surface area contributed by atoms with Gasteiger partial charge in [-0.25, -0.2) is 4.79 Å². The summed E-state index contributed by atoms with van der Waals surface area (Å²) in [5.41, 5.74) is 0. The molecule has 1 saturated carbocycles. The fraction of sp³-hybridized carbons (Fsp3) is 0.923. The van der Waals surface area contributed by atoms with Crippen LogP contribution in [0.2, 0.25) is 0 Å². The minimum absolute atomic E-state index is 0.145. The van der Waals surface area contributed by atoms with Crippen LogP contribution in [-0.4, -0.2) is 30.7 Å². The predicted octanol–water partition coefficient (Wildman–Crippen LogP) is 3.43. The van der Waals surface area contributed by atoms with Gasteiger partial charge in [-0.1, -0.05) is 20.3 Å². The maximum Gasteiger partial charge on any atom is 0.409 e. The summed E-state index contributed by atoms with van der Waals surface area (Å²) in [6.45, 7) is 4.94. The predicted molar refractivity (Wildman–Crippen MR) is 65.4 cm³/mol. The van der Waals surface area contributed by atoms with Crippen molar-refractivity contribution in [3.8, 4) is 0 Å². The molecule has 1 amide bonds. The van der Waals surface area contributed by atoms with Crippen LogP contribution < -0.4 is 0 Å². The highest BCUT2D eigenvalue weighted by atomic mass is 16.6. The van der Waals surface area contributed by atoms with Gasteiger partial charge in [0.1, 0.15) is 0 Å². The monoisotopic (exact) mass is 227 g/mol. The topological polar surface area (TPSA) is 29.5 Å². The van der Waals surface area contributed by atoms with Crippen LogP contribution in [0.1, 0.15) is 52.4 Å². The SMILES string of the molecule is CCCCOC(=O)N(C)C1CCC(C)CC1. The lowest BCUT2D eigenvalue weighted by Gasteiger charge is -2.32. The second-order valence-electron chi connectivity index (χ2n) is 4.99. The largest absolute Gasteiger partial charge is 0.449 e. The zero-order valence-corrected chi connectivity index (χ0v) is 10.9. The maximum atomic E-state index is 11.7. The number of hydrogen-bond acceptors (Lipinski definition) is 2. The van der Waals surface area contributed by atoms with Crippen LogP contribution in [0.4, 0.5) is 4.79 Å². The molecule has 0 heterocycles. The second kappa shape index (κ2) is 6.77. The minimum Gasteiger partial charge on any atom is -0.449 e. The smallest absolute Gasteiger partial charge is 0.409 e. The van der Waals surface area contributed by atoms with E-state index in [0.29, 0.717) is 12.6 Å². The summed E-state index contributed by atoms with van der Waals surface area (Å²) in [7, 11) is 1.87. The lowest BCUT2D eigenvalue weighted by atomic mass is 9.87. The molecule has 3 nitrogen and oxygen atoms in total. The Morgan fingerprint density at radius 1 is 1.31 bits per heavy atom. The molecule has 0 unspecified atom stereocenters. The summed E-state index contributed by atoms with van der Waals surface area (Å²) in [5, 5.41) is 0. The molecule has 1 aliphatic rings. The van der Waals surface area contributed by atoms with E-state index in [4.69, 9.17) is 4.74 Å². The Kier molecular flexibility index (Phi) is 5.64. The molecule has 0 aliphatic heterocycles. The van der Waals surface area contributed by atoms with E-state index >= 15 is 0 Å². The first-order valence-electron chi connectivity index (χ1n) is 6.54. The zero-order chi connectivity index (χ0) is 12.0. The molecule has 0 aromatic carbocycles. The third-order valence-corrected chi connectivity index (χ3v) is 3.54. The van der Waals surface area contributed by atoms with Crippen molar-refractivity contribution in [1.29, 1.82) is 0 Å². The van der Waals surface area contributed by atoms with Crippen molar-refractivity contribution in [3.05, 3.63) is 0 Å². The summed E-state index contributed by atoms with van der Waals surface area (Å²) in [5.74, 6) is 0.820. The molecule has 3 heteroatoms. The summed E-state index contributed by atoms with van der Waals surface area (Å²) in [6, 6.07) is 0.394. The first-order chi connectivity index (χ1) is 7.65. The van der Waals surface area contributed by atoms with Crippen molar-refractivity contribution >= 4 is 6.09 Å². The van der Waals surface area contributed by atoms with Crippen LogP contribution in [0.25, 0.3) is 0 Å². The molecular weight excluding hydrogens is 202 g/mol. The molecule has 16 heavy (non-hydrogen) atoms. The summed E-state index contributed by atoms with van der Waals surface area (Å²) in [4.78, 5) is 13.5. The summed E-state index contributed by atoms with van der Waals surface area (Å²) >= 11 is 0. The van der Waals surface area contributed by atoms with Crippen LogP contribution in [0.5, 0.6) is 0 Å². The number of carbonyl (C=O) groups excluding carboxylic acids is 1. The number of carbonyl (C=O) groups is 1. The standard InChI is InChI=1S/C13H25NO2/c1-4-5-10-16-13(15)14(3)12-8-6-11(2)7-9-12/h11-12H,4-10H2,1-3H3. The minimum atomic E-state index is -0.145. The van der Waals surface area contributed by atoms with Crippen LogP contribution in [0, 0.1) is 5.92 Å². The first-order valence-corrected chi connectivity index (χ1v) is 6.54. The average molecular weight is 227 g/mol. The van der Waals surface area contributed by atoms with Crippen molar-refractivity contribution in [2.75, 3.05) is 13.7 Å². The quantitative estimate of drug-likeness (QED) is 0.689. The van der Waals surface area contributed by atoms with Crippen molar-refractivity contribution in [3.63, 3.8) is 0 Å². The van der Waals surface area contributed by atoms with E-state index in [-0.39, 0.29) is 6.09 Å². The van der Waals surface area contributed by atoms with E-state index in [2.05, 4.69) is 13.8 Å². The van der Waals surface area contributed by atoms with Crippen LogP contribution in [0.3, 0.4) is 0 Å². The van der Waals surface area contributed by atoms with Crippen molar-refractivity contribution < 1.29 is 9.53 Å². The molecule has 0 aromatic rings. The molecule has 0 bridgehead atoms. The van der Waals surface area contributed by atoms with Gasteiger partial charge in [0.2, 0.25) is 0 Å². The van der Waals surface area contributed by atoms with Gasteiger partial charge in [-0.2, -0.15) is 0 Å². The highest BCUT2D eigenvalue weighted by Crippen LogP contribution is 2.26. The van der Waals surface area contributed by atoms with E-state index in [1.807, 2.05) is 7.05 Å². The van der Waals surface area contributed by atoms with E-state index in [9.17, 15) is 4.79 Å². The molecular formula is C13H25NO2. The van der Waals surface area contributed by atoms with Gasteiger partial charge < -0.3 is 9.64 Å². The fourth-order valence-corrected chi connectivity index (χ4v) is 2.18. The third kappa shape index (κ3) is 4.03. The molecule has 0 N–H and O–H groups in total. The number of nitrogens with zero attached hydrogens (tertiary/aromatic N) is 1. The highest BCUT2D eigenvalue weighted by molar-refractivity contribution is 5.67. The van der Waals surface area contributed by atoms with Gasteiger partial charge in [-0.05, 0) is 38.0 Å². The Morgan fingerprint density at radius 2 is 1.94 bits per heavy atom.